The lowest BCUT2D eigenvalue weighted by molar-refractivity contribution is -0.140. The van der Waals surface area contributed by atoms with Crippen LogP contribution in [0.5, 0.6) is 5.75 Å². The molecule has 1 aromatic carbocycles. The SMILES string of the molecule is CC.CC.COC(=O)CCCc1ccc(OCCCOCCCCl)cc1. The molecule has 0 unspecified atom stereocenters. The fourth-order valence-electron chi connectivity index (χ4n) is 1.90. The Morgan fingerprint density at radius 2 is 1.54 bits per heavy atom. The maximum absolute atomic E-state index is 11.0. The minimum absolute atomic E-state index is 0.159. The first kappa shape index (κ1) is 27.0. The van der Waals surface area contributed by atoms with Crippen molar-refractivity contribution in [1.29, 1.82) is 0 Å². The third-order valence-electron chi connectivity index (χ3n) is 3.12. The first-order chi connectivity index (χ1) is 12.8. The molecule has 152 valence electrons. The summed E-state index contributed by atoms with van der Waals surface area (Å²) in [6, 6.07) is 7.98. The molecule has 0 saturated heterocycles. The molecule has 26 heavy (non-hydrogen) atoms. The van der Waals surface area contributed by atoms with Crippen molar-refractivity contribution in [1.82, 2.24) is 0 Å². The Labute approximate surface area is 165 Å². The molecule has 0 aliphatic rings. The fraction of sp³-hybridized carbons (Fsp3) is 0.667. The Morgan fingerprint density at radius 3 is 2.12 bits per heavy atom. The summed E-state index contributed by atoms with van der Waals surface area (Å²) in [6.45, 7) is 10.1. The van der Waals surface area contributed by atoms with Crippen LogP contribution in [0.25, 0.3) is 0 Å². The number of hydrogen-bond acceptors (Lipinski definition) is 4. The largest absolute Gasteiger partial charge is 0.494 e. The Hall–Kier alpha value is -1.26. The van der Waals surface area contributed by atoms with Crippen molar-refractivity contribution in [3.63, 3.8) is 0 Å². The summed E-state index contributed by atoms with van der Waals surface area (Å²) in [5.74, 6) is 1.34. The maximum atomic E-state index is 11.0. The molecule has 0 heterocycles. The molecule has 0 aliphatic carbocycles. The summed E-state index contributed by atoms with van der Waals surface area (Å²) in [7, 11) is 1.41. The van der Waals surface area contributed by atoms with E-state index < -0.39 is 0 Å². The number of hydrogen-bond donors (Lipinski definition) is 0. The average molecular weight is 389 g/mol. The van der Waals surface area contributed by atoms with Crippen LogP contribution in [0, 0.1) is 0 Å². The highest BCUT2D eigenvalue weighted by Gasteiger charge is 2.01. The predicted molar refractivity (Wildman–Crippen MR) is 110 cm³/mol. The van der Waals surface area contributed by atoms with Crippen LogP contribution in [-0.4, -0.2) is 38.8 Å². The third-order valence-corrected chi connectivity index (χ3v) is 3.39. The van der Waals surface area contributed by atoms with Crippen LogP contribution in [0.4, 0.5) is 0 Å². The molecule has 0 radical (unpaired) electrons. The second-order valence-corrected chi connectivity index (χ2v) is 5.31. The molecule has 0 aromatic heterocycles. The molecular weight excluding hydrogens is 352 g/mol. The summed E-state index contributed by atoms with van der Waals surface area (Å²) in [4.78, 5) is 11.0. The van der Waals surface area contributed by atoms with E-state index in [1.807, 2.05) is 52.0 Å². The standard InChI is InChI=1S/C17H25ClO4.2C2H6/c1-20-17(19)6-2-5-15-7-9-16(10-8-15)22-14-4-13-21-12-3-11-18;2*1-2/h7-10H,2-6,11-14H2,1H3;2*1-2H3. The van der Waals surface area contributed by atoms with E-state index in [1.165, 1.54) is 12.7 Å². The van der Waals surface area contributed by atoms with E-state index in [4.69, 9.17) is 21.1 Å². The van der Waals surface area contributed by atoms with E-state index in [0.717, 1.165) is 31.4 Å². The number of halogens is 1. The first-order valence-corrected chi connectivity index (χ1v) is 10.2. The normalized spacial score (nSPS) is 9.31. The number of benzene rings is 1. The number of aryl methyl sites for hydroxylation is 1. The molecule has 1 aromatic rings. The number of esters is 1. The Bertz CT molecular complexity index is 407. The van der Waals surface area contributed by atoms with Gasteiger partial charge in [0, 0.05) is 31.9 Å². The zero-order valence-electron chi connectivity index (χ0n) is 17.2. The number of rotatable bonds is 12. The molecular formula is C21H37ClO4. The average Bonchev–Trinajstić information content (AvgIpc) is 2.71. The number of ether oxygens (including phenoxy) is 3. The van der Waals surface area contributed by atoms with Gasteiger partial charge in [0.15, 0.2) is 0 Å². The van der Waals surface area contributed by atoms with E-state index in [9.17, 15) is 4.79 Å². The van der Waals surface area contributed by atoms with Crippen molar-refractivity contribution in [2.45, 2.75) is 59.8 Å². The third kappa shape index (κ3) is 16.2. The monoisotopic (exact) mass is 388 g/mol. The number of alkyl halides is 1. The quantitative estimate of drug-likeness (QED) is 0.263. The van der Waals surface area contributed by atoms with E-state index >= 15 is 0 Å². The van der Waals surface area contributed by atoms with Gasteiger partial charge in [0.1, 0.15) is 5.75 Å². The van der Waals surface area contributed by atoms with Gasteiger partial charge in [-0.05, 0) is 37.0 Å². The minimum Gasteiger partial charge on any atom is -0.494 e. The summed E-state index contributed by atoms with van der Waals surface area (Å²) in [6.07, 6.45) is 3.87. The van der Waals surface area contributed by atoms with Gasteiger partial charge in [-0.2, -0.15) is 0 Å². The van der Waals surface area contributed by atoms with Crippen LogP contribution < -0.4 is 4.74 Å². The maximum Gasteiger partial charge on any atom is 0.305 e. The van der Waals surface area contributed by atoms with Crippen LogP contribution in [0.3, 0.4) is 0 Å². The van der Waals surface area contributed by atoms with Crippen molar-refractivity contribution in [3.8, 4) is 5.75 Å². The highest BCUT2D eigenvalue weighted by atomic mass is 35.5. The van der Waals surface area contributed by atoms with E-state index in [0.29, 0.717) is 32.1 Å². The van der Waals surface area contributed by atoms with Gasteiger partial charge in [0.05, 0.1) is 13.7 Å². The summed E-state index contributed by atoms with van der Waals surface area (Å²) >= 11 is 5.56. The predicted octanol–water partition coefficient (Wildman–Crippen LogP) is 5.65. The van der Waals surface area contributed by atoms with Gasteiger partial charge >= 0.3 is 5.97 Å². The summed E-state index contributed by atoms with van der Waals surface area (Å²) < 4.78 is 15.7. The van der Waals surface area contributed by atoms with Crippen LogP contribution in [0.2, 0.25) is 0 Å². The van der Waals surface area contributed by atoms with E-state index in [-0.39, 0.29) is 5.97 Å². The zero-order valence-corrected chi connectivity index (χ0v) is 17.9. The second-order valence-electron chi connectivity index (χ2n) is 4.93. The van der Waals surface area contributed by atoms with Gasteiger partial charge < -0.3 is 14.2 Å². The molecule has 0 saturated carbocycles. The first-order valence-electron chi connectivity index (χ1n) is 9.68. The topological polar surface area (TPSA) is 44.8 Å². The Morgan fingerprint density at radius 1 is 0.923 bits per heavy atom. The molecule has 0 atom stereocenters. The molecule has 4 nitrogen and oxygen atoms in total. The summed E-state index contributed by atoms with van der Waals surface area (Å²) in [5.41, 5.74) is 1.20. The van der Waals surface area contributed by atoms with Gasteiger partial charge in [-0.1, -0.05) is 39.8 Å². The van der Waals surface area contributed by atoms with Crippen LogP contribution in [0.1, 0.15) is 58.9 Å². The van der Waals surface area contributed by atoms with Gasteiger partial charge in [-0.3, -0.25) is 4.79 Å². The Kier molecular flexibility index (Phi) is 22.6. The van der Waals surface area contributed by atoms with Gasteiger partial charge in [-0.25, -0.2) is 0 Å². The molecule has 0 spiro atoms. The smallest absolute Gasteiger partial charge is 0.305 e. The molecule has 0 amide bonds. The van der Waals surface area contributed by atoms with Gasteiger partial charge in [0.25, 0.3) is 0 Å². The fourth-order valence-corrected chi connectivity index (χ4v) is 2.01. The van der Waals surface area contributed by atoms with Gasteiger partial charge in [0.2, 0.25) is 0 Å². The van der Waals surface area contributed by atoms with Crippen molar-refractivity contribution in [2.24, 2.45) is 0 Å². The van der Waals surface area contributed by atoms with Crippen molar-refractivity contribution in [3.05, 3.63) is 29.8 Å². The molecule has 5 heteroatoms. The molecule has 0 aliphatic heterocycles. The van der Waals surface area contributed by atoms with Crippen LogP contribution in [-0.2, 0) is 20.7 Å². The van der Waals surface area contributed by atoms with E-state index in [2.05, 4.69) is 4.74 Å². The molecule has 1 rings (SSSR count). The lowest BCUT2D eigenvalue weighted by Gasteiger charge is -2.08. The molecule has 0 fully saturated rings. The van der Waals surface area contributed by atoms with Crippen molar-refractivity contribution >= 4 is 17.6 Å². The lowest BCUT2D eigenvalue weighted by atomic mass is 10.1. The second kappa shape index (κ2) is 21.8. The number of methoxy groups -OCH3 is 1. The van der Waals surface area contributed by atoms with E-state index in [1.54, 1.807) is 0 Å². The number of carbonyl (C=O) groups is 1. The zero-order chi connectivity index (χ0) is 20.0. The highest BCUT2D eigenvalue weighted by Crippen LogP contribution is 2.14. The molecule has 0 bridgehead atoms. The summed E-state index contributed by atoms with van der Waals surface area (Å²) in [5, 5.41) is 0. The minimum atomic E-state index is -0.159. The van der Waals surface area contributed by atoms with Crippen molar-refractivity contribution < 1.29 is 19.0 Å². The van der Waals surface area contributed by atoms with Gasteiger partial charge in [-0.15, -0.1) is 11.6 Å². The highest BCUT2D eigenvalue weighted by molar-refractivity contribution is 6.17. The van der Waals surface area contributed by atoms with Crippen molar-refractivity contribution in [2.75, 3.05) is 32.8 Å². The number of carbonyl (C=O) groups excluding carboxylic acids is 1. The molecule has 0 N–H and O–H groups in total. The Balaban J connectivity index is 0. The lowest BCUT2D eigenvalue weighted by Crippen LogP contribution is -2.04. The van der Waals surface area contributed by atoms with Crippen LogP contribution >= 0.6 is 11.6 Å². The van der Waals surface area contributed by atoms with Crippen LogP contribution in [0.15, 0.2) is 24.3 Å².